The van der Waals surface area contributed by atoms with Gasteiger partial charge in [0.2, 0.25) is 0 Å². The summed E-state index contributed by atoms with van der Waals surface area (Å²) in [5, 5.41) is 0. The van der Waals surface area contributed by atoms with E-state index in [1.807, 2.05) is 30.5 Å². The largest absolute Gasteiger partial charge is 0.493 e. The number of pyridine rings is 1. The normalized spacial score (nSPS) is 10.9. The standard InChI is InChI=1S/C22H20N2O2S/c1-25-19-10-9-16(13-20(19)26-2)17-12-18-22(23-14-17)21(27-24-18)11-8-15-6-4-3-5-7-15/h3-7,9-10,12-14H,8,11H2,1-2H3. The van der Waals surface area contributed by atoms with Gasteiger partial charge in [-0.15, -0.1) is 0 Å². The summed E-state index contributed by atoms with van der Waals surface area (Å²) in [6, 6.07) is 18.5. The molecule has 27 heavy (non-hydrogen) atoms. The Morgan fingerprint density at radius 2 is 1.67 bits per heavy atom. The molecule has 0 aliphatic rings. The zero-order valence-corrected chi connectivity index (χ0v) is 16.1. The molecule has 0 fully saturated rings. The van der Waals surface area contributed by atoms with Gasteiger partial charge in [-0.3, -0.25) is 4.98 Å². The highest BCUT2D eigenvalue weighted by atomic mass is 32.1. The Labute approximate surface area is 162 Å². The van der Waals surface area contributed by atoms with E-state index in [4.69, 9.17) is 14.5 Å². The monoisotopic (exact) mass is 376 g/mol. The fraction of sp³-hybridized carbons (Fsp3) is 0.182. The van der Waals surface area contributed by atoms with Crippen LogP contribution in [0, 0.1) is 0 Å². The molecule has 4 aromatic rings. The van der Waals surface area contributed by atoms with Gasteiger partial charge in [0.15, 0.2) is 11.5 Å². The SMILES string of the molecule is COc1ccc(-c2cnc3c(CCc4ccccc4)snc3c2)cc1OC. The van der Waals surface area contributed by atoms with Crippen molar-refractivity contribution in [2.24, 2.45) is 0 Å². The molecule has 2 aromatic carbocycles. The van der Waals surface area contributed by atoms with Crippen LogP contribution in [0.3, 0.4) is 0 Å². The molecule has 0 saturated heterocycles. The van der Waals surface area contributed by atoms with Crippen molar-refractivity contribution in [3.63, 3.8) is 0 Å². The van der Waals surface area contributed by atoms with Crippen LogP contribution in [-0.2, 0) is 12.8 Å². The predicted molar refractivity (Wildman–Crippen MR) is 110 cm³/mol. The molecule has 0 N–H and O–H groups in total. The van der Waals surface area contributed by atoms with Crippen molar-refractivity contribution in [3.8, 4) is 22.6 Å². The Morgan fingerprint density at radius 1 is 0.852 bits per heavy atom. The van der Waals surface area contributed by atoms with Gasteiger partial charge >= 0.3 is 0 Å². The summed E-state index contributed by atoms with van der Waals surface area (Å²) in [6.45, 7) is 0. The van der Waals surface area contributed by atoms with Crippen LogP contribution in [0.15, 0.2) is 60.8 Å². The molecule has 0 saturated carbocycles. The molecule has 2 heterocycles. The first-order chi connectivity index (χ1) is 13.3. The summed E-state index contributed by atoms with van der Waals surface area (Å²) in [4.78, 5) is 5.93. The molecule has 0 aliphatic carbocycles. The zero-order chi connectivity index (χ0) is 18.6. The van der Waals surface area contributed by atoms with Crippen LogP contribution < -0.4 is 9.47 Å². The summed E-state index contributed by atoms with van der Waals surface area (Å²) in [6.07, 6.45) is 3.86. The van der Waals surface area contributed by atoms with Crippen molar-refractivity contribution >= 4 is 22.6 Å². The van der Waals surface area contributed by atoms with Crippen LogP contribution in [0.1, 0.15) is 10.4 Å². The lowest BCUT2D eigenvalue weighted by Gasteiger charge is -2.09. The summed E-state index contributed by atoms with van der Waals surface area (Å²) in [5.41, 5.74) is 5.32. The molecule has 0 amide bonds. The molecule has 0 bridgehead atoms. The maximum absolute atomic E-state index is 5.40. The van der Waals surface area contributed by atoms with Crippen molar-refractivity contribution in [3.05, 3.63) is 71.2 Å². The third-order valence-corrected chi connectivity index (χ3v) is 5.49. The number of rotatable bonds is 6. The van der Waals surface area contributed by atoms with E-state index in [2.05, 4.69) is 34.7 Å². The van der Waals surface area contributed by atoms with Gasteiger partial charge in [-0.1, -0.05) is 36.4 Å². The van der Waals surface area contributed by atoms with Crippen LogP contribution in [0.4, 0.5) is 0 Å². The van der Waals surface area contributed by atoms with E-state index in [-0.39, 0.29) is 0 Å². The molecule has 0 unspecified atom stereocenters. The minimum Gasteiger partial charge on any atom is -0.493 e. The zero-order valence-electron chi connectivity index (χ0n) is 15.3. The number of hydrogen-bond acceptors (Lipinski definition) is 5. The first-order valence-corrected chi connectivity index (χ1v) is 9.56. The number of ether oxygens (including phenoxy) is 2. The van der Waals surface area contributed by atoms with Crippen LogP contribution in [0.2, 0.25) is 0 Å². The van der Waals surface area contributed by atoms with Gasteiger partial charge in [-0.05, 0) is 53.7 Å². The fourth-order valence-corrected chi connectivity index (χ4v) is 3.91. The molecule has 2 aromatic heterocycles. The molecule has 0 atom stereocenters. The quantitative estimate of drug-likeness (QED) is 0.466. The lowest BCUT2D eigenvalue weighted by atomic mass is 10.1. The average molecular weight is 376 g/mol. The molecular weight excluding hydrogens is 356 g/mol. The maximum Gasteiger partial charge on any atom is 0.161 e. The van der Waals surface area contributed by atoms with E-state index in [0.717, 1.165) is 35.0 Å². The first kappa shape index (κ1) is 17.5. The topological polar surface area (TPSA) is 44.2 Å². The number of aromatic nitrogens is 2. The second kappa shape index (κ2) is 7.76. The lowest BCUT2D eigenvalue weighted by molar-refractivity contribution is 0.355. The van der Waals surface area contributed by atoms with E-state index in [1.165, 1.54) is 10.4 Å². The van der Waals surface area contributed by atoms with E-state index >= 15 is 0 Å². The second-order valence-electron chi connectivity index (χ2n) is 6.25. The highest BCUT2D eigenvalue weighted by molar-refractivity contribution is 7.07. The molecule has 0 radical (unpaired) electrons. The first-order valence-electron chi connectivity index (χ1n) is 8.79. The van der Waals surface area contributed by atoms with Gasteiger partial charge in [-0.2, -0.15) is 4.37 Å². The van der Waals surface area contributed by atoms with Crippen molar-refractivity contribution in [2.75, 3.05) is 14.2 Å². The number of hydrogen-bond donors (Lipinski definition) is 0. The van der Waals surface area contributed by atoms with E-state index in [1.54, 1.807) is 25.8 Å². The minimum absolute atomic E-state index is 0.705. The third-order valence-electron chi connectivity index (χ3n) is 4.59. The number of methoxy groups -OCH3 is 2. The molecule has 5 heteroatoms. The van der Waals surface area contributed by atoms with Crippen molar-refractivity contribution in [2.45, 2.75) is 12.8 Å². The Bertz CT molecular complexity index is 1060. The maximum atomic E-state index is 5.40. The second-order valence-corrected chi connectivity index (χ2v) is 7.11. The highest BCUT2D eigenvalue weighted by Gasteiger charge is 2.11. The smallest absolute Gasteiger partial charge is 0.161 e. The van der Waals surface area contributed by atoms with Crippen molar-refractivity contribution < 1.29 is 9.47 Å². The molecule has 136 valence electrons. The summed E-state index contributed by atoms with van der Waals surface area (Å²) < 4.78 is 15.3. The van der Waals surface area contributed by atoms with Crippen LogP contribution in [0.5, 0.6) is 11.5 Å². The lowest BCUT2D eigenvalue weighted by Crippen LogP contribution is -1.92. The molecule has 4 nitrogen and oxygen atoms in total. The molecular formula is C22H20N2O2S. The average Bonchev–Trinajstić information content (AvgIpc) is 3.14. The minimum atomic E-state index is 0.705. The van der Waals surface area contributed by atoms with Crippen LogP contribution in [-0.4, -0.2) is 23.6 Å². The Balaban J connectivity index is 1.60. The molecule has 4 rings (SSSR count). The van der Waals surface area contributed by atoms with Gasteiger partial charge in [-0.25, -0.2) is 0 Å². The van der Waals surface area contributed by atoms with Crippen LogP contribution in [0.25, 0.3) is 22.2 Å². The highest BCUT2D eigenvalue weighted by Crippen LogP contribution is 2.33. The number of nitrogens with zero attached hydrogens (tertiary/aromatic N) is 2. The van der Waals surface area contributed by atoms with Crippen LogP contribution >= 0.6 is 11.5 Å². The number of aryl methyl sites for hydroxylation is 2. The van der Waals surface area contributed by atoms with Crippen molar-refractivity contribution in [1.82, 2.24) is 9.36 Å². The Kier molecular flexibility index (Phi) is 5.03. The van der Waals surface area contributed by atoms with Gasteiger partial charge < -0.3 is 9.47 Å². The van der Waals surface area contributed by atoms with E-state index in [9.17, 15) is 0 Å². The predicted octanol–water partition coefficient (Wildman–Crippen LogP) is 5.16. The number of fused-ring (bicyclic) bond motifs is 1. The van der Waals surface area contributed by atoms with Crippen molar-refractivity contribution in [1.29, 1.82) is 0 Å². The summed E-state index contributed by atoms with van der Waals surface area (Å²) in [7, 11) is 3.28. The van der Waals surface area contributed by atoms with E-state index < -0.39 is 0 Å². The fourth-order valence-electron chi connectivity index (χ4n) is 3.13. The summed E-state index contributed by atoms with van der Waals surface area (Å²) in [5.74, 6) is 1.42. The van der Waals surface area contributed by atoms with E-state index in [0.29, 0.717) is 11.5 Å². The Hall–Kier alpha value is -2.92. The molecule has 0 spiro atoms. The van der Waals surface area contributed by atoms with Gasteiger partial charge in [0, 0.05) is 11.8 Å². The summed E-state index contributed by atoms with van der Waals surface area (Å²) >= 11 is 1.54. The third kappa shape index (κ3) is 3.64. The Morgan fingerprint density at radius 3 is 2.44 bits per heavy atom. The van der Waals surface area contributed by atoms with Gasteiger partial charge in [0.05, 0.1) is 19.1 Å². The molecule has 0 aliphatic heterocycles. The van der Waals surface area contributed by atoms with Gasteiger partial charge in [0.25, 0.3) is 0 Å². The number of benzene rings is 2. The van der Waals surface area contributed by atoms with Gasteiger partial charge in [0.1, 0.15) is 11.0 Å².